The van der Waals surface area contributed by atoms with Crippen LogP contribution >= 0.6 is 7.82 Å². The number of hydrogen-bond acceptors (Lipinski definition) is 10. The van der Waals surface area contributed by atoms with Crippen LogP contribution in [0, 0.1) is 0 Å². The molecule has 3 atom stereocenters. The fraction of sp³-hybridized carbons (Fsp3) is 0.682. The van der Waals surface area contributed by atoms with Crippen LogP contribution in [0.1, 0.15) is 252 Å². The van der Waals surface area contributed by atoms with E-state index in [1.165, 1.54) is 32.1 Å². The summed E-state index contributed by atoms with van der Waals surface area (Å²) in [5, 5.41) is 9.84. The highest BCUT2D eigenvalue weighted by Crippen LogP contribution is 2.43. The Morgan fingerprint density at radius 2 is 0.667 bits per heavy atom. The number of rotatable bonds is 56. The molecule has 0 spiro atoms. The van der Waals surface area contributed by atoms with E-state index >= 15 is 0 Å². The monoisotopic (exact) mass is 1110 g/mol. The lowest BCUT2D eigenvalue weighted by atomic mass is 10.1. The maximum absolute atomic E-state index is 12.9. The molecule has 0 radical (unpaired) electrons. The van der Waals surface area contributed by atoms with Gasteiger partial charge in [-0.2, -0.15) is 0 Å². The van der Waals surface area contributed by atoms with E-state index in [9.17, 15) is 28.9 Å². The number of carbonyl (C=O) groups excluding carboxylic acids is 3. The number of phosphoric acid groups is 1. The number of phosphoric ester groups is 1. The number of allylic oxidation sites excluding steroid dienone is 18. The zero-order valence-electron chi connectivity index (χ0n) is 49.3. The third-order valence-corrected chi connectivity index (χ3v) is 13.6. The van der Waals surface area contributed by atoms with Crippen molar-refractivity contribution in [3.05, 3.63) is 109 Å². The molecule has 0 bridgehead atoms. The molecule has 78 heavy (non-hydrogen) atoms. The van der Waals surface area contributed by atoms with E-state index in [1.807, 2.05) is 0 Å². The van der Waals surface area contributed by atoms with Gasteiger partial charge in [-0.05, 0) is 122 Å². The Hall–Kier alpha value is -3.86. The third kappa shape index (κ3) is 56.8. The lowest BCUT2D eigenvalue weighted by Gasteiger charge is -2.21. The predicted molar refractivity (Wildman–Crippen MR) is 325 cm³/mol. The molecule has 0 aromatic rings. The zero-order chi connectivity index (χ0) is 56.9. The van der Waals surface area contributed by atoms with Gasteiger partial charge in [0.1, 0.15) is 12.7 Å². The van der Waals surface area contributed by atoms with Crippen molar-refractivity contribution >= 4 is 25.7 Å². The summed E-state index contributed by atoms with van der Waals surface area (Å²) in [5.41, 5.74) is 0. The Morgan fingerprint density at radius 3 is 1.03 bits per heavy atom. The summed E-state index contributed by atoms with van der Waals surface area (Å²) in [4.78, 5) is 48.7. The van der Waals surface area contributed by atoms with E-state index in [-0.39, 0.29) is 25.9 Å². The summed E-state index contributed by atoms with van der Waals surface area (Å²) in [6, 6.07) is 0. The average Bonchev–Trinajstić information content (AvgIpc) is 3.43. The second-order valence-corrected chi connectivity index (χ2v) is 21.6. The summed E-state index contributed by atoms with van der Waals surface area (Å²) in [7, 11) is -4.77. The maximum Gasteiger partial charge on any atom is 0.472 e. The topological polar surface area (TPSA) is 155 Å². The van der Waals surface area contributed by atoms with Crippen molar-refractivity contribution < 1.29 is 52.2 Å². The van der Waals surface area contributed by atoms with Crippen molar-refractivity contribution in [3.8, 4) is 0 Å². The molecule has 2 N–H and O–H groups in total. The van der Waals surface area contributed by atoms with Crippen molar-refractivity contribution in [1.82, 2.24) is 0 Å². The minimum atomic E-state index is -4.77. The van der Waals surface area contributed by atoms with Gasteiger partial charge in [-0.15, -0.1) is 0 Å². The summed E-state index contributed by atoms with van der Waals surface area (Å²) in [5.74, 6) is -1.51. The van der Waals surface area contributed by atoms with Gasteiger partial charge < -0.3 is 24.2 Å². The van der Waals surface area contributed by atoms with Gasteiger partial charge in [-0.3, -0.25) is 23.4 Å². The standard InChI is InChI=1S/C66H111O11P/c1-4-7-10-13-16-19-22-25-28-30-31-33-36-39-42-45-48-51-54-57-66(70)77-63(59-73-64(68)55-52-49-46-43-40-37-34-27-24-21-18-15-12-9-6-3)61-75-78(71,72)74-60-62(58-67)76-65(69)56-53-50-47-44-41-38-35-32-29-26-23-20-17-14-11-8-5-2/h7-8,10-11,16-21,25-29,31,33-34,62-63,67H,4-6,9,12-15,22-24,30,32,35-61H2,1-3H3,(H,71,72)/b10-7-,11-8-,19-16-,20-17-,21-18-,28-25-,29-26-,33-31-,34-27-. The Morgan fingerprint density at radius 1 is 0.372 bits per heavy atom. The Balaban J connectivity index is 4.76. The number of aliphatic hydroxyl groups excluding tert-OH is 1. The molecule has 446 valence electrons. The normalized spacial score (nSPS) is 14.1. The van der Waals surface area contributed by atoms with Crippen molar-refractivity contribution in [2.75, 3.05) is 26.4 Å². The zero-order valence-corrected chi connectivity index (χ0v) is 50.2. The summed E-state index contributed by atoms with van der Waals surface area (Å²) >= 11 is 0. The second-order valence-electron chi connectivity index (χ2n) is 20.1. The molecule has 0 saturated heterocycles. The van der Waals surface area contributed by atoms with E-state index in [4.69, 9.17) is 23.3 Å². The lowest BCUT2D eigenvalue weighted by molar-refractivity contribution is -0.161. The lowest BCUT2D eigenvalue weighted by Crippen LogP contribution is -2.30. The number of hydrogen-bond donors (Lipinski definition) is 2. The summed E-state index contributed by atoms with van der Waals surface area (Å²) < 4.78 is 39.6. The third-order valence-electron chi connectivity index (χ3n) is 12.7. The maximum atomic E-state index is 12.9. The number of esters is 3. The SMILES string of the molecule is CC/C=C\C/C=C\C/C=C\C/C=C\CCCCCCCCC(=O)OC(COC(=O)CCCCCCC/C=C\C/C=C\CCCCC)COP(=O)(O)OCC(CO)OC(=O)CCCCCCCCC/C=C\C/C=C\C/C=C\CC. The van der Waals surface area contributed by atoms with Crippen LogP contribution < -0.4 is 0 Å². The van der Waals surface area contributed by atoms with Crippen LogP contribution in [0.2, 0.25) is 0 Å². The van der Waals surface area contributed by atoms with E-state index in [1.54, 1.807) is 0 Å². The fourth-order valence-electron chi connectivity index (χ4n) is 8.04. The van der Waals surface area contributed by atoms with Gasteiger partial charge >= 0.3 is 25.7 Å². The van der Waals surface area contributed by atoms with Crippen LogP contribution in [0.15, 0.2) is 109 Å². The molecule has 0 aliphatic carbocycles. The van der Waals surface area contributed by atoms with Crippen molar-refractivity contribution in [2.45, 2.75) is 264 Å². The van der Waals surface area contributed by atoms with Gasteiger partial charge in [-0.1, -0.05) is 220 Å². The molecular formula is C66H111O11P. The van der Waals surface area contributed by atoms with Gasteiger partial charge in [-0.25, -0.2) is 4.57 Å². The summed E-state index contributed by atoms with van der Waals surface area (Å²) in [6.45, 7) is 4.36. The van der Waals surface area contributed by atoms with E-state index in [0.29, 0.717) is 19.3 Å². The fourth-order valence-corrected chi connectivity index (χ4v) is 8.82. The van der Waals surface area contributed by atoms with Gasteiger partial charge in [0.2, 0.25) is 0 Å². The van der Waals surface area contributed by atoms with Crippen molar-refractivity contribution in [3.63, 3.8) is 0 Å². The van der Waals surface area contributed by atoms with Crippen molar-refractivity contribution in [1.29, 1.82) is 0 Å². The predicted octanol–water partition coefficient (Wildman–Crippen LogP) is 18.6. The highest BCUT2D eigenvalue weighted by Gasteiger charge is 2.28. The minimum Gasteiger partial charge on any atom is -0.462 e. The van der Waals surface area contributed by atoms with Gasteiger partial charge in [0.15, 0.2) is 6.10 Å². The number of aliphatic hydroxyl groups is 1. The molecule has 11 nitrogen and oxygen atoms in total. The Bertz CT molecular complexity index is 1720. The van der Waals surface area contributed by atoms with Crippen molar-refractivity contribution in [2.24, 2.45) is 0 Å². The molecule has 0 saturated carbocycles. The largest absolute Gasteiger partial charge is 0.472 e. The molecule has 0 rings (SSSR count). The van der Waals surface area contributed by atoms with Gasteiger partial charge in [0, 0.05) is 19.3 Å². The smallest absolute Gasteiger partial charge is 0.462 e. The molecule has 0 fully saturated rings. The van der Waals surface area contributed by atoms with E-state index < -0.39 is 57.8 Å². The quantitative estimate of drug-likeness (QED) is 0.0197. The molecule has 0 amide bonds. The number of unbranched alkanes of at least 4 members (excludes halogenated alkanes) is 21. The first-order valence-electron chi connectivity index (χ1n) is 30.8. The number of carbonyl (C=O) groups is 3. The van der Waals surface area contributed by atoms with Crippen LogP contribution in [0.3, 0.4) is 0 Å². The first-order valence-corrected chi connectivity index (χ1v) is 32.3. The second kappa shape index (κ2) is 59.3. The van der Waals surface area contributed by atoms with E-state index in [2.05, 4.69) is 130 Å². The molecule has 3 unspecified atom stereocenters. The molecule has 0 aliphatic rings. The number of ether oxygens (including phenoxy) is 3. The Kier molecular flexibility index (Phi) is 56.3. The first-order chi connectivity index (χ1) is 38.2. The highest BCUT2D eigenvalue weighted by atomic mass is 31.2. The van der Waals surface area contributed by atoms with Gasteiger partial charge in [0.05, 0.1) is 19.8 Å². The molecule has 12 heteroatoms. The van der Waals surface area contributed by atoms with Gasteiger partial charge in [0.25, 0.3) is 0 Å². The Labute approximate surface area is 475 Å². The highest BCUT2D eigenvalue weighted by molar-refractivity contribution is 7.47. The average molecular weight is 1110 g/mol. The minimum absolute atomic E-state index is 0.143. The first kappa shape index (κ1) is 74.1. The summed E-state index contributed by atoms with van der Waals surface area (Å²) in [6.07, 6.45) is 71.7. The van der Waals surface area contributed by atoms with Crippen LogP contribution in [0.5, 0.6) is 0 Å². The molecule has 0 aliphatic heterocycles. The van der Waals surface area contributed by atoms with Crippen LogP contribution in [0.4, 0.5) is 0 Å². The molecular weight excluding hydrogens is 1000 g/mol. The van der Waals surface area contributed by atoms with Crippen LogP contribution in [-0.2, 0) is 42.2 Å². The van der Waals surface area contributed by atoms with Crippen LogP contribution in [-0.4, -0.2) is 66.5 Å². The molecule has 0 heterocycles. The van der Waals surface area contributed by atoms with E-state index in [0.717, 1.165) is 161 Å². The van der Waals surface area contributed by atoms with Crippen LogP contribution in [0.25, 0.3) is 0 Å². The molecule has 0 aromatic heterocycles. The molecule has 0 aromatic carbocycles.